The number of hydrogen-bond acceptors (Lipinski definition) is 2. The summed E-state index contributed by atoms with van der Waals surface area (Å²) in [6.45, 7) is 4.51. The number of aryl methyl sites for hydroxylation is 3. The van der Waals surface area contributed by atoms with Crippen molar-refractivity contribution in [2.45, 2.75) is 52.1 Å². The average Bonchev–Trinajstić information content (AvgIpc) is 3.43. The molecule has 6 heteroatoms. The molecule has 0 fully saturated rings. The number of rotatable bonds is 2. The van der Waals surface area contributed by atoms with E-state index in [1.165, 1.54) is 39.9 Å². The number of carbonyl (C=O) groups is 1. The molecule has 178 valence electrons. The van der Waals surface area contributed by atoms with E-state index in [0.717, 1.165) is 40.9 Å². The molecule has 1 aliphatic heterocycles. The van der Waals surface area contributed by atoms with E-state index in [2.05, 4.69) is 22.1 Å². The van der Waals surface area contributed by atoms with Gasteiger partial charge in [0.1, 0.15) is 10.8 Å². The molecule has 0 spiro atoms. The topological polar surface area (TPSA) is 37.3 Å². The maximum absolute atomic E-state index is 14.4. The predicted molar refractivity (Wildman–Crippen MR) is 139 cm³/mol. The number of nitrogens with one attached hydrogen (secondary N) is 1. The molecule has 6 rings (SSSR count). The van der Waals surface area contributed by atoms with E-state index in [9.17, 15) is 9.18 Å². The van der Waals surface area contributed by atoms with E-state index in [1.807, 2.05) is 60.4 Å². The quantitative estimate of drug-likeness (QED) is 0.318. The average molecular weight is 486 g/mol. The Morgan fingerprint density at radius 1 is 1.03 bits per heavy atom. The van der Waals surface area contributed by atoms with Gasteiger partial charge in [0.05, 0.1) is 18.3 Å². The second-order valence-corrected chi connectivity index (χ2v) is 10.7. The van der Waals surface area contributed by atoms with E-state index < -0.39 is 6.04 Å². The highest BCUT2D eigenvalue weighted by molar-refractivity contribution is 7.15. The van der Waals surface area contributed by atoms with Crippen LogP contribution in [0.15, 0.2) is 60.8 Å². The van der Waals surface area contributed by atoms with Crippen molar-refractivity contribution in [3.63, 3.8) is 0 Å². The van der Waals surface area contributed by atoms with Crippen LogP contribution < -0.4 is 5.32 Å². The predicted octanol–water partition coefficient (Wildman–Crippen LogP) is 7.31. The normalized spacial score (nSPS) is 16.8. The zero-order valence-corrected chi connectivity index (χ0v) is 20.8. The number of carbonyl (C=O) groups excluding carboxylic acids is 1. The summed E-state index contributed by atoms with van der Waals surface area (Å²) in [5, 5.41) is 4.37. The highest BCUT2D eigenvalue weighted by atomic mass is 32.1. The van der Waals surface area contributed by atoms with Crippen LogP contribution in [0, 0.1) is 19.7 Å². The van der Waals surface area contributed by atoms with Gasteiger partial charge in [-0.1, -0.05) is 24.3 Å². The minimum atomic E-state index is -0.412. The summed E-state index contributed by atoms with van der Waals surface area (Å²) in [6.07, 6.45) is 6.62. The van der Waals surface area contributed by atoms with Crippen LogP contribution in [0.4, 0.5) is 14.9 Å². The van der Waals surface area contributed by atoms with Gasteiger partial charge in [-0.2, -0.15) is 0 Å². The molecule has 0 saturated carbocycles. The van der Waals surface area contributed by atoms with Gasteiger partial charge in [-0.15, -0.1) is 11.3 Å². The second kappa shape index (κ2) is 8.68. The third-order valence-corrected chi connectivity index (χ3v) is 8.57. The van der Waals surface area contributed by atoms with Crippen LogP contribution in [0.3, 0.4) is 0 Å². The number of hydrogen-bond donors (Lipinski definition) is 1. The van der Waals surface area contributed by atoms with Crippen molar-refractivity contribution < 1.29 is 9.18 Å². The van der Waals surface area contributed by atoms with Gasteiger partial charge >= 0.3 is 6.03 Å². The van der Waals surface area contributed by atoms with Crippen molar-refractivity contribution >= 4 is 23.1 Å². The van der Waals surface area contributed by atoms with E-state index in [1.54, 1.807) is 12.1 Å². The van der Waals surface area contributed by atoms with Crippen molar-refractivity contribution in [3.8, 4) is 5.00 Å². The lowest BCUT2D eigenvalue weighted by atomic mass is 9.95. The fraction of sp³-hybridized carbons (Fsp3) is 0.276. The van der Waals surface area contributed by atoms with Gasteiger partial charge in [0.15, 0.2) is 0 Å². The first-order valence-corrected chi connectivity index (χ1v) is 13.0. The summed E-state index contributed by atoms with van der Waals surface area (Å²) in [5.41, 5.74) is 7.29. The van der Waals surface area contributed by atoms with Crippen LogP contribution >= 0.6 is 11.3 Å². The first-order valence-electron chi connectivity index (χ1n) is 12.2. The second-order valence-electron chi connectivity index (χ2n) is 9.63. The van der Waals surface area contributed by atoms with Gasteiger partial charge in [-0.25, -0.2) is 9.18 Å². The Labute approximate surface area is 209 Å². The minimum Gasteiger partial charge on any atom is -0.310 e. The van der Waals surface area contributed by atoms with Crippen LogP contribution in [0.25, 0.3) is 5.00 Å². The Hall–Kier alpha value is -3.38. The smallest absolute Gasteiger partial charge is 0.310 e. The SMILES string of the molecule is Cc1ccc(C)c(NC(=O)N2Cc3c(sc4c3CCCC4)-n3cccc3[C@H]2c2cccc(F)c2)c1. The van der Waals surface area contributed by atoms with Crippen molar-refractivity contribution in [1.82, 2.24) is 9.47 Å². The maximum Gasteiger partial charge on any atom is 0.322 e. The largest absolute Gasteiger partial charge is 0.322 e. The number of thiophene rings is 1. The maximum atomic E-state index is 14.4. The Morgan fingerprint density at radius 2 is 1.89 bits per heavy atom. The summed E-state index contributed by atoms with van der Waals surface area (Å²) in [6, 6.07) is 16.2. The molecular weight excluding hydrogens is 457 g/mol. The Morgan fingerprint density at radius 3 is 2.74 bits per heavy atom. The van der Waals surface area contributed by atoms with Crippen LogP contribution in [0.2, 0.25) is 0 Å². The van der Waals surface area contributed by atoms with E-state index in [4.69, 9.17) is 0 Å². The van der Waals surface area contributed by atoms with E-state index >= 15 is 0 Å². The molecule has 0 saturated heterocycles. The van der Waals surface area contributed by atoms with E-state index in [0.29, 0.717) is 6.54 Å². The number of benzene rings is 2. The molecule has 1 N–H and O–H groups in total. The molecule has 0 unspecified atom stereocenters. The van der Waals surface area contributed by atoms with Crippen LogP contribution in [-0.4, -0.2) is 15.5 Å². The number of amides is 2. The standard InChI is InChI=1S/C29H28FN3OS/c1-18-12-13-19(2)24(15-18)31-29(34)33-17-23-22-9-3-4-11-26(22)35-28(23)32-14-6-10-25(32)27(33)20-7-5-8-21(30)16-20/h5-8,10,12-16,27H,3-4,9,11,17H2,1-2H3,(H,31,34)/t27-/m1/s1. The number of urea groups is 1. The minimum absolute atomic E-state index is 0.177. The number of aromatic nitrogens is 1. The third kappa shape index (κ3) is 3.86. The molecule has 2 amide bonds. The molecular formula is C29H28FN3OS. The van der Waals surface area contributed by atoms with Gasteiger partial charge in [0.2, 0.25) is 0 Å². The summed E-state index contributed by atoms with van der Waals surface area (Å²) in [5.74, 6) is -0.299. The molecule has 4 aromatic rings. The molecule has 2 aliphatic rings. The molecule has 35 heavy (non-hydrogen) atoms. The molecule has 0 radical (unpaired) electrons. The lowest BCUT2D eigenvalue weighted by Gasteiger charge is -2.31. The first kappa shape index (κ1) is 22.1. The number of fused-ring (bicyclic) bond motifs is 5. The molecule has 4 nitrogen and oxygen atoms in total. The summed E-state index contributed by atoms with van der Waals surface area (Å²) >= 11 is 1.85. The van der Waals surface area contributed by atoms with Crippen molar-refractivity contribution in [2.24, 2.45) is 0 Å². The van der Waals surface area contributed by atoms with Crippen molar-refractivity contribution in [3.05, 3.63) is 105 Å². The monoisotopic (exact) mass is 485 g/mol. The Bertz CT molecular complexity index is 1440. The molecule has 0 bridgehead atoms. The van der Waals surface area contributed by atoms with Gasteiger partial charge in [0.25, 0.3) is 0 Å². The Kier molecular flexibility index (Phi) is 5.49. The zero-order valence-electron chi connectivity index (χ0n) is 20.0. The van der Waals surface area contributed by atoms with Crippen molar-refractivity contribution in [1.29, 1.82) is 0 Å². The molecule has 1 atom stereocenters. The van der Waals surface area contributed by atoms with Gasteiger partial charge < -0.3 is 14.8 Å². The highest BCUT2D eigenvalue weighted by Crippen LogP contribution is 2.44. The van der Waals surface area contributed by atoms with Gasteiger partial charge in [-0.05, 0) is 92.1 Å². The van der Waals surface area contributed by atoms with E-state index in [-0.39, 0.29) is 11.8 Å². The Balaban J connectivity index is 1.51. The number of halogens is 1. The third-order valence-electron chi connectivity index (χ3n) is 7.24. The zero-order chi connectivity index (χ0) is 24.1. The van der Waals surface area contributed by atoms with Gasteiger partial charge in [-0.3, -0.25) is 0 Å². The lowest BCUT2D eigenvalue weighted by Crippen LogP contribution is -2.38. The van der Waals surface area contributed by atoms with Crippen molar-refractivity contribution in [2.75, 3.05) is 5.32 Å². The van der Waals surface area contributed by atoms with Gasteiger partial charge in [0, 0.05) is 22.3 Å². The molecule has 2 aromatic heterocycles. The highest BCUT2D eigenvalue weighted by Gasteiger charge is 2.36. The fourth-order valence-corrected chi connectivity index (χ4v) is 6.88. The summed E-state index contributed by atoms with van der Waals surface area (Å²) < 4.78 is 16.6. The summed E-state index contributed by atoms with van der Waals surface area (Å²) in [4.78, 5) is 17.3. The van der Waals surface area contributed by atoms with Crippen LogP contribution in [0.5, 0.6) is 0 Å². The summed E-state index contributed by atoms with van der Waals surface area (Å²) in [7, 11) is 0. The lowest BCUT2D eigenvalue weighted by molar-refractivity contribution is 0.194. The first-order chi connectivity index (χ1) is 17.0. The van der Waals surface area contributed by atoms with Crippen LogP contribution in [0.1, 0.15) is 57.3 Å². The number of nitrogens with zero attached hydrogens (tertiary/aromatic N) is 2. The fourth-order valence-electron chi connectivity index (χ4n) is 5.47. The number of anilines is 1. The molecule has 3 heterocycles. The molecule has 2 aromatic carbocycles. The molecule has 1 aliphatic carbocycles. The van der Waals surface area contributed by atoms with Crippen LogP contribution in [-0.2, 0) is 19.4 Å².